The summed E-state index contributed by atoms with van der Waals surface area (Å²) in [5, 5.41) is 6.56. The summed E-state index contributed by atoms with van der Waals surface area (Å²) < 4.78 is 5.38. The average molecular weight is 278 g/mol. The number of piperidine rings is 1. The van der Waals surface area contributed by atoms with Crippen molar-refractivity contribution in [2.75, 3.05) is 45.9 Å². The van der Waals surface area contributed by atoms with Crippen LogP contribution in [0.15, 0.2) is 12.4 Å². The molecule has 6 heteroatoms. The number of aromatic amines is 1. The van der Waals surface area contributed by atoms with E-state index < -0.39 is 0 Å². The van der Waals surface area contributed by atoms with Gasteiger partial charge in [-0.05, 0) is 18.8 Å². The van der Waals surface area contributed by atoms with Crippen LogP contribution in [0, 0.1) is 5.92 Å². The molecule has 1 aromatic rings. The summed E-state index contributed by atoms with van der Waals surface area (Å²) in [5.74, 6) is 0.683. The van der Waals surface area contributed by atoms with Gasteiger partial charge in [-0.25, -0.2) is 0 Å². The summed E-state index contributed by atoms with van der Waals surface area (Å²) >= 11 is 0. The van der Waals surface area contributed by atoms with Crippen LogP contribution in [0.3, 0.4) is 0 Å². The van der Waals surface area contributed by atoms with Crippen LogP contribution in [0.2, 0.25) is 0 Å². The summed E-state index contributed by atoms with van der Waals surface area (Å²) in [6, 6.07) is 0. The molecule has 2 aliphatic heterocycles. The van der Waals surface area contributed by atoms with Crippen LogP contribution >= 0.6 is 0 Å². The maximum Gasteiger partial charge on any atom is 0.257 e. The Balaban J connectivity index is 1.54. The Morgan fingerprint density at radius 2 is 2.25 bits per heavy atom. The smallest absolute Gasteiger partial charge is 0.257 e. The molecule has 1 unspecified atom stereocenters. The van der Waals surface area contributed by atoms with Gasteiger partial charge < -0.3 is 9.64 Å². The molecule has 0 saturated carbocycles. The second kappa shape index (κ2) is 6.37. The van der Waals surface area contributed by atoms with Gasteiger partial charge in [-0.1, -0.05) is 0 Å². The van der Waals surface area contributed by atoms with Crippen molar-refractivity contribution in [1.29, 1.82) is 0 Å². The van der Waals surface area contributed by atoms with Crippen LogP contribution in [0.4, 0.5) is 0 Å². The van der Waals surface area contributed by atoms with E-state index in [-0.39, 0.29) is 5.91 Å². The molecule has 110 valence electrons. The van der Waals surface area contributed by atoms with Crippen LogP contribution in [-0.2, 0) is 4.74 Å². The van der Waals surface area contributed by atoms with Crippen molar-refractivity contribution in [3.63, 3.8) is 0 Å². The van der Waals surface area contributed by atoms with E-state index in [2.05, 4.69) is 15.1 Å². The third-order valence-electron chi connectivity index (χ3n) is 4.17. The van der Waals surface area contributed by atoms with E-state index in [9.17, 15) is 4.79 Å². The number of ether oxygens (including phenoxy) is 1. The number of rotatable bonds is 3. The Kier molecular flexibility index (Phi) is 4.32. The van der Waals surface area contributed by atoms with Crippen LogP contribution in [-0.4, -0.2) is 71.8 Å². The molecule has 2 fully saturated rings. The van der Waals surface area contributed by atoms with E-state index in [0.717, 1.165) is 52.4 Å². The SMILES string of the molecule is O=C(c1cn[nH]c1)N1CCCC(CN2CCOCC2)C1. The summed E-state index contributed by atoms with van der Waals surface area (Å²) in [7, 11) is 0. The lowest BCUT2D eigenvalue weighted by atomic mass is 9.97. The topological polar surface area (TPSA) is 61.5 Å². The zero-order chi connectivity index (χ0) is 13.8. The first-order valence-electron chi connectivity index (χ1n) is 7.41. The summed E-state index contributed by atoms with van der Waals surface area (Å²) in [6.45, 7) is 6.52. The van der Waals surface area contributed by atoms with Gasteiger partial charge in [-0.2, -0.15) is 5.10 Å². The first-order chi connectivity index (χ1) is 9.83. The maximum absolute atomic E-state index is 12.3. The number of H-pyrrole nitrogens is 1. The van der Waals surface area contributed by atoms with Gasteiger partial charge >= 0.3 is 0 Å². The first kappa shape index (κ1) is 13.6. The number of nitrogens with one attached hydrogen (secondary N) is 1. The molecule has 3 heterocycles. The number of amides is 1. The maximum atomic E-state index is 12.3. The van der Waals surface area contributed by atoms with Gasteiger partial charge in [-0.3, -0.25) is 14.8 Å². The number of hydrogen-bond acceptors (Lipinski definition) is 4. The largest absolute Gasteiger partial charge is 0.379 e. The van der Waals surface area contributed by atoms with E-state index in [1.54, 1.807) is 12.4 Å². The molecule has 2 aliphatic rings. The number of likely N-dealkylation sites (tertiary alicyclic amines) is 1. The minimum absolute atomic E-state index is 0.102. The second-order valence-corrected chi connectivity index (χ2v) is 5.66. The minimum Gasteiger partial charge on any atom is -0.379 e. The molecule has 20 heavy (non-hydrogen) atoms. The van der Waals surface area contributed by atoms with Gasteiger partial charge in [-0.15, -0.1) is 0 Å². The molecule has 2 saturated heterocycles. The van der Waals surface area contributed by atoms with Crippen LogP contribution in [0.5, 0.6) is 0 Å². The Hall–Kier alpha value is -1.40. The van der Waals surface area contributed by atoms with Crippen molar-refractivity contribution in [1.82, 2.24) is 20.0 Å². The van der Waals surface area contributed by atoms with Crippen molar-refractivity contribution < 1.29 is 9.53 Å². The zero-order valence-corrected chi connectivity index (χ0v) is 11.8. The third-order valence-corrected chi connectivity index (χ3v) is 4.17. The number of hydrogen-bond donors (Lipinski definition) is 1. The summed E-state index contributed by atoms with van der Waals surface area (Å²) in [5.41, 5.74) is 0.664. The Labute approximate surface area is 119 Å². The number of aromatic nitrogens is 2. The number of carbonyl (C=O) groups is 1. The van der Waals surface area contributed by atoms with Gasteiger partial charge in [0.25, 0.3) is 5.91 Å². The molecule has 1 N–H and O–H groups in total. The molecule has 1 atom stereocenters. The Bertz CT molecular complexity index is 428. The fourth-order valence-corrected chi connectivity index (χ4v) is 3.10. The molecule has 0 spiro atoms. The lowest BCUT2D eigenvalue weighted by Crippen LogP contribution is -2.46. The molecular formula is C14H22N4O2. The predicted molar refractivity (Wildman–Crippen MR) is 74.5 cm³/mol. The lowest BCUT2D eigenvalue weighted by Gasteiger charge is -2.36. The third kappa shape index (κ3) is 3.19. The van der Waals surface area contributed by atoms with Gasteiger partial charge in [0.2, 0.25) is 0 Å². The second-order valence-electron chi connectivity index (χ2n) is 5.66. The predicted octanol–water partition coefficient (Wildman–Crippen LogP) is 0.594. The normalized spacial score (nSPS) is 24.8. The molecule has 0 aliphatic carbocycles. The number of carbonyl (C=O) groups excluding carboxylic acids is 1. The molecule has 0 bridgehead atoms. The molecule has 6 nitrogen and oxygen atoms in total. The molecular weight excluding hydrogens is 256 g/mol. The standard InChI is InChI=1S/C14H22N4O2/c19-14(13-8-15-16-9-13)18-3-1-2-12(11-18)10-17-4-6-20-7-5-17/h8-9,12H,1-7,10-11H2,(H,15,16). The highest BCUT2D eigenvalue weighted by molar-refractivity contribution is 5.93. The molecule has 0 aromatic carbocycles. The molecule has 1 amide bonds. The quantitative estimate of drug-likeness (QED) is 0.879. The first-order valence-corrected chi connectivity index (χ1v) is 7.41. The van der Waals surface area contributed by atoms with E-state index in [0.29, 0.717) is 11.5 Å². The highest BCUT2D eigenvalue weighted by Gasteiger charge is 2.26. The molecule has 0 radical (unpaired) electrons. The lowest BCUT2D eigenvalue weighted by molar-refractivity contribution is 0.0224. The monoisotopic (exact) mass is 278 g/mol. The van der Waals surface area contributed by atoms with Gasteiger partial charge in [0.05, 0.1) is 25.0 Å². The van der Waals surface area contributed by atoms with Crippen LogP contribution < -0.4 is 0 Å². The summed E-state index contributed by atoms with van der Waals surface area (Å²) in [6.07, 6.45) is 5.59. The molecule has 3 rings (SSSR count). The van der Waals surface area contributed by atoms with E-state index >= 15 is 0 Å². The minimum atomic E-state index is 0.102. The van der Waals surface area contributed by atoms with E-state index in [1.807, 2.05) is 4.90 Å². The number of nitrogens with zero attached hydrogens (tertiary/aromatic N) is 3. The van der Waals surface area contributed by atoms with Crippen molar-refractivity contribution in [2.45, 2.75) is 12.8 Å². The van der Waals surface area contributed by atoms with Crippen molar-refractivity contribution in [3.8, 4) is 0 Å². The Morgan fingerprint density at radius 1 is 1.40 bits per heavy atom. The van der Waals surface area contributed by atoms with Gasteiger partial charge in [0.15, 0.2) is 0 Å². The van der Waals surface area contributed by atoms with Gasteiger partial charge in [0, 0.05) is 38.9 Å². The van der Waals surface area contributed by atoms with Gasteiger partial charge in [0.1, 0.15) is 0 Å². The van der Waals surface area contributed by atoms with Crippen LogP contribution in [0.25, 0.3) is 0 Å². The fraction of sp³-hybridized carbons (Fsp3) is 0.714. The molecule has 1 aromatic heterocycles. The highest BCUT2D eigenvalue weighted by atomic mass is 16.5. The fourth-order valence-electron chi connectivity index (χ4n) is 3.10. The van der Waals surface area contributed by atoms with E-state index in [4.69, 9.17) is 4.74 Å². The van der Waals surface area contributed by atoms with Crippen molar-refractivity contribution in [2.24, 2.45) is 5.92 Å². The summed E-state index contributed by atoms with van der Waals surface area (Å²) in [4.78, 5) is 16.8. The van der Waals surface area contributed by atoms with Crippen LogP contribution in [0.1, 0.15) is 23.2 Å². The van der Waals surface area contributed by atoms with Crippen molar-refractivity contribution >= 4 is 5.91 Å². The van der Waals surface area contributed by atoms with Crippen molar-refractivity contribution in [3.05, 3.63) is 18.0 Å². The van der Waals surface area contributed by atoms with E-state index in [1.165, 1.54) is 6.42 Å². The zero-order valence-electron chi connectivity index (χ0n) is 11.8. The number of morpholine rings is 1. The Morgan fingerprint density at radius 3 is 3.00 bits per heavy atom. The average Bonchev–Trinajstić information content (AvgIpc) is 3.02. The highest BCUT2D eigenvalue weighted by Crippen LogP contribution is 2.19.